The fourth-order valence-electron chi connectivity index (χ4n) is 3.58. The first-order valence-electron chi connectivity index (χ1n) is 9.79. The number of imidazole rings is 1. The number of fused-ring (bicyclic) bond motifs is 1. The van der Waals surface area contributed by atoms with E-state index in [1.54, 1.807) is 45.9 Å². The zero-order valence-corrected chi connectivity index (χ0v) is 16.1. The van der Waals surface area contributed by atoms with Crippen molar-refractivity contribution in [3.63, 3.8) is 0 Å². The van der Waals surface area contributed by atoms with Gasteiger partial charge in [-0.1, -0.05) is 0 Å². The molecule has 0 spiro atoms. The molecule has 1 saturated carbocycles. The van der Waals surface area contributed by atoms with Crippen LogP contribution >= 0.6 is 0 Å². The molecule has 0 aliphatic heterocycles. The van der Waals surface area contributed by atoms with Crippen LogP contribution in [0.1, 0.15) is 29.2 Å². The van der Waals surface area contributed by atoms with Crippen molar-refractivity contribution in [2.75, 3.05) is 11.9 Å². The van der Waals surface area contributed by atoms with Gasteiger partial charge < -0.3 is 15.4 Å². The van der Waals surface area contributed by atoms with Crippen LogP contribution in [0.15, 0.2) is 53.6 Å². The summed E-state index contributed by atoms with van der Waals surface area (Å²) in [7, 11) is 0. The summed E-state index contributed by atoms with van der Waals surface area (Å²) in [6, 6.07) is 10.8. The molecule has 0 saturated heterocycles. The Hall–Kier alpha value is -3.72. The van der Waals surface area contributed by atoms with Crippen LogP contribution < -0.4 is 11.0 Å². The van der Waals surface area contributed by atoms with E-state index in [0.717, 1.165) is 23.9 Å². The van der Waals surface area contributed by atoms with Gasteiger partial charge in [-0.15, -0.1) is 0 Å². The number of nitrogens with one attached hydrogen (secondary N) is 2. The van der Waals surface area contributed by atoms with Gasteiger partial charge in [-0.3, -0.25) is 14.3 Å². The SMILES string of the molecule is O=C(Nc1cc(-c2cccnc2)nn1CCO)c1ccc2[nH]c(=O)n(C3CC3)c2c1. The van der Waals surface area contributed by atoms with Crippen LogP contribution in [0.3, 0.4) is 0 Å². The van der Waals surface area contributed by atoms with Crippen LogP contribution in [0.4, 0.5) is 5.82 Å². The van der Waals surface area contributed by atoms with Crippen molar-refractivity contribution in [1.82, 2.24) is 24.3 Å². The Balaban J connectivity index is 1.47. The smallest absolute Gasteiger partial charge is 0.326 e. The molecule has 0 unspecified atom stereocenters. The van der Waals surface area contributed by atoms with Gasteiger partial charge >= 0.3 is 5.69 Å². The predicted octanol–water partition coefficient (Wildman–Crippen LogP) is 2.17. The molecule has 4 aromatic rings. The Labute approximate surface area is 171 Å². The third-order valence-corrected chi connectivity index (χ3v) is 5.18. The summed E-state index contributed by atoms with van der Waals surface area (Å²) >= 11 is 0. The Morgan fingerprint density at radius 3 is 2.87 bits per heavy atom. The maximum absolute atomic E-state index is 12.9. The third-order valence-electron chi connectivity index (χ3n) is 5.18. The van der Waals surface area contributed by atoms with E-state index < -0.39 is 0 Å². The highest BCUT2D eigenvalue weighted by atomic mass is 16.3. The zero-order chi connectivity index (χ0) is 20.7. The number of nitrogens with zero attached hydrogens (tertiary/aromatic N) is 4. The molecule has 1 amide bonds. The minimum absolute atomic E-state index is 0.111. The number of amides is 1. The van der Waals surface area contributed by atoms with Crippen molar-refractivity contribution >= 4 is 22.8 Å². The number of hydrogen-bond acceptors (Lipinski definition) is 5. The molecule has 0 radical (unpaired) electrons. The number of aliphatic hydroxyl groups excluding tert-OH is 1. The Kier molecular flexibility index (Phi) is 4.44. The van der Waals surface area contributed by atoms with E-state index in [0.29, 0.717) is 22.6 Å². The zero-order valence-electron chi connectivity index (χ0n) is 16.1. The standard InChI is InChI=1S/C21H20N6O3/c28-9-8-26-19(11-17(25-26)14-2-1-7-22-12-14)24-20(29)13-3-6-16-18(10-13)27(15-4-5-15)21(30)23-16/h1-3,6-7,10-12,15,28H,4-5,8-9H2,(H,23,30)(H,24,29). The molecule has 1 aromatic carbocycles. The van der Waals surface area contributed by atoms with Gasteiger partial charge in [-0.05, 0) is 43.2 Å². The van der Waals surface area contributed by atoms with E-state index in [4.69, 9.17) is 0 Å². The minimum Gasteiger partial charge on any atom is -0.394 e. The Morgan fingerprint density at radius 1 is 1.27 bits per heavy atom. The number of carbonyl (C=O) groups excluding carboxylic acids is 1. The number of benzene rings is 1. The van der Waals surface area contributed by atoms with E-state index in [9.17, 15) is 14.7 Å². The fraction of sp³-hybridized carbons (Fsp3) is 0.238. The maximum Gasteiger partial charge on any atom is 0.326 e. The van der Waals surface area contributed by atoms with Crippen LogP contribution in [-0.4, -0.2) is 41.9 Å². The lowest BCUT2D eigenvalue weighted by molar-refractivity contribution is 0.102. The second-order valence-electron chi connectivity index (χ2n) is 7.32. The maximum atomic E-state index is 12.9. The molecule has 3 heterocycles. The van der Waals surface area contributed by atoms with Gasteiger partial charge in [0.05, 0.1) is 29.9 Å². The molecule has 9 heteroatoms. The highest BCUT2D eigenvalue weighted by Gasteiger charge is 2.27. The van der Waals surface area contributed by atoms with E-state index in [-0.39, 0.29) is 30.8 Å². The van der Waals surface area contributed by atoms with Gasteiger partial charge in [-0.2, -0.15) is 5.10 Å². The third kappa shape index (κ3) is 3.29. The predicted molar refractivity (Wildman–Crippen MR) is 111 cm³/mol. The van der Waals surface area contributed by atoms with Crippen molar-refractivity contribution in [3.05, 3.63) is 64.8 Å². The molecule has 1 aliphatic rings. The normalized spacial score (nSPS) is 13.6. The van der Waals surface area contributed by atoms with Gasteiger partial charge in [0.25, 0.3) is 5.91 Å². The molecule has 3 aromatic heterocycles. The van der Waals surface area contributed by atoms with Crippen LogP contribution in [0.5, 0.6) is 0 Å². The van der Waals surface area contributed by atoms with Gasteiger partial charge in [0.1, 0.15) is 5.82 Å². The van der Waals surface area contributed by atoms with Gasteiger partial charge in [0.15, 0.2) is 0 Å². The van der Waals surface area contributed by atoms with Gasteiger partial charge in [-0.25, -0.2) is 9.48 Å². The van der Waals surface area contributed by atoms with Crippen molar-refractivity contribution in [1.29, 1.82) is 0 Å². The molecular weight excluding hydrogens is 384 g/mol. The lowest BCUT2D eigenvalue weighted by Gasteiger charge is -2.08. The van der Waals surface area contributed by atoms with Crippen LogP contribution in [0, 0.1) is 0 Å². The number of H-pyrrole nitrogens is 1. The average molecular weight is 404 g/mol. The second kappa shape index (κ2) is 7.27. The summed E-state index contributed by atoms with van der Waals surface area (Å²) < 4.78 is 3.28. The number of anilines is 1. The average Bonchev–Trinajstić information content (AvgIpc) is 3.43. The molecule has 3 N–H and O–H groups in total. The topological polar surface area (TPSA) is 118 Å². The van der Waals surface area contributed by atoms with Crippen molar-refractivity contribution in [3.8, 4) is 11.3 Å². The molecule has 152 valence electrons. The highest BCUT2D eigenvalue weighted by Crippen LogP contribution is 2.35. The molecule has 0 bridgehead atoms. The lowest BCUT2D eigenvalue weighted by atomic mass is 10.2. The van der Waals surface area contributed by atoms with Crippen LogP contribution in [0.25, 0.3) is 22.3 Å². The summed E-state index contributed by atoms with van der Waals surface area (Å²) in [5, 5.41) is 16.7. The first-order chi connectivity index (χ1) is 14.6. The summed E-state index contributed by atoms with van der Waals surface area (Å²) in [6.07, 6.45) is 5.31. The molecule has 30 heavy (non-hydrogen) atoms. The number of aliphatic hydroxyl groups is 1. The molecule has 9 nitrogen and oxygen atoms in total. The summed E-state index contributed by atoms with van der Waals surface area (Å²) in [5.74, 6) is 0.159. The number of rotatable bonds is 6. The molecular formula is C21H20N6O3. The Morgan fingerprint density at radius 2 is 2.13 bits per heavy atom. The highest BCUT2D eigenvalue weighted by molar-refractivity contribution is 6.05. The van der Waals surface area contributed by atoms with Crippen molar-refractivity contribution < 1.29 is 9.90 Å². The van der Waals surface area contributed by atoms with E-state index in [1.807, 2.05) is 12.1 Å². The quantitative estimate of drug-likeness (QED) is 0.455. The number of aromatic nitrogens is 5. The largest absolute Gasteiger partial charge is 0.394 e. The summed E-state index contributed by atoms with van der Waals surface area (Å²) in [4.78, 5) is 32.1. The van der Waals surface area contributed by atoms with E-state index in [1.165, 1.54) is 0 Å². The molecule has 5 rings (SSSR count). The van der Waals surface area contributed by atoms with Crippen LogP contribution in [-0.2, 0) is 6.54 Å². The van der Waals surface area contributed by atoms with Crippen LogP contribution in [0.2, 0.25) is 0 Å². The Bertz CT molecular complexity index is 1280. The first-order valence-corrected chi connectivity index (χ1v) is 9.79. The van der Waals surface area contributed by atoms with Gasteiger partial charge in [0.2, 0.25) is 0 Å². The number of hydrogen-bond donors (Lipinski definition) is 3. The second-order valence-corrected chi connectivity index (χ2v) is 7.32. The van der Waals surface area contributed by atoms with Crippen molar-refractivity contribution in [2.24, 2.45) is 0 Å². The summed E-state index contributed by atoms with van der Waals surface area (Å²) in [6.45, 7) is 0.133. The molecule has 1 fully saturated rings. The fourth-order valence-corrected chi connectivity index (χ4v) is 3.58. The van der Waals surface area contributed by atoms with E-state index in [2.05, 4.69) is 20.4 Å². The minimum atomic E-state index is -0.315. The lowest BCUT2D eigenvalue weighted by Crippen LogP contribution is -2.17. The van der Waals surface area contributed by atoms with E-state index >= 15 is 0 Å². The number of pyridine rings is 1. The number of aromatic amines is 1. The summed E-state index contributed by atoms with van der Waals surface area (Å²) in [5.41, 5.74) is 3.20. The molecule has 1 aliphatic carbocycles. The van der Waals surface area contributed by atoms with Gasteiger partial charge in [0, 0.05) is 35.6 Å². The molecule has 0 atom stereocenters. The monoisotopic (exact) mass is 404 g/mol. The number of carbonyl (C=O) groups is 1. The first kappa shape index (κ1) is 18.3. The van der Waals surface area contributed by atoms with Crippen molar-refractivity contribution in [2.45, 2.75) is 25.4 Å².